The van der Waals surface area contributed by atoms with Crippen LogP contribution in [0.3, 0.4) is 0 Å². The van der Waals surface area contributed by atoms with Crippen molar-refractivity contribution < 1.29 is 14.7 Å². The zero-order valence-corrected chi connectivity index (χ0v) is 8.57. The average Bonchev–Trinajstić information content (AvgIpc) is 2.60. The first-order chi connectivity index (χ1) is 7.04. The summed E-state index contributed by atoms with van der Waals surface area (Å²) in [4.78, 5) is 22.1. The molecule has 1 atom stereocenters. The van der Waals surface area contributed by atoms with Crippen LogP contribution in [0, 0.1) is 6.92 Å². The molecule has 6 nitrogen and oxygen atoms in total. The quantitative estimate of drug-likeness (QED) is 0.668. The minimum atomic E-state index is -1.04. The van der Waals surface area contributed by atoms with E-state index >= 15 is 0 Å². The van der Waals surface area contributed by atoms with Crippen molar-refractivity contribution in [2.75, 3.05) is 0 Å². The van der Waals surface area contributed by atoms with E-state index < -0.39 is 17.9 Å². The zero-order valence-electron chi connectivity index (χ0n) is 8.57. The number of carbonyl (C=O) groups excluding carboxylic acids is 1. The van der Waals surface area contributed by atoms with Crippen molar-refractivity contribution in [3.8, 4) is 0 Å². The number of hydrogen-bond donors (Lipinski definition) is 3. The normalized spacial score (nSPS) is 12.1. The number of carbonyl (C=O) groups is 2. The van der Waals surface area contributed by atoms with Crippen molar-refractivity contribution in [1.29, 1.82) is 0 Å². The molecule has 0 saturated carbocycles. The van der Waals surface area contributed by atoms with Crippen molar-refractivity contribution in [3.05, 3.63) is 17.5 Å². The molecule has 15 heavy (non-hydrogen) atoms. The molecule has 0 fully saturated rings. The third kappa shape index (κ3) is 2.80. The molecular weight excluding hydrogens is 198 g/mol. The molecule has 0 aliphatic carbocycles. The number of aryl methyl sites for hydroxylation is 1. The maximum atomic E-state index is 11.5. The molecular formula is C9H13N3O3. The molecule has 82 valence electrons. The minimum Gasteiger partial charge on any atom is -0.480 e. The van der Waals surface area contributed by atoms with E-state index in [9.17, 15) is 9.59 Å². The predicted molar refractivity (Wildman–Crippen MR) is 52.5 cm³/mol. The summed E-state index contributed by atoms with van der Waals surface area (Å²) >= 11 is 0. The SMILES string of the molecule is CCC(NC(=O)c1cc(C)[nH]n1)C(=O)O. The van der Waals surface area contributed by atoms with Gasteiger partial charge in [-0.25, -0.2) is 4.79 Å². The van der Waals surface area contributed by atoms with E-state index in [0.717, 1.165) is 5.69 Å². The smallest absolute Gasteiger partial charge is 0.326 e. The summed E-state index contributed by atoms with van der Waals surface area (Å²) in [6.07, 6.45) is 0.338. The lowest BCUT2D eigenvalue weighted by molar-refractivity contribution is -0.139. The Morgan fingerprint density at radius 3 is 2.73 bits per heavy atom. The molecule has 0 aromatic carbocycles. The van der Waals surface area contributed by atoms with Gasteiger partial charge in [-0.2, -0.15) is 5.10 Å². The molecule has 6 heteroatoms. The minimum absolute atomic E-state index is 0.201. The van der Waals surface area contributed by atoms with E-state index in [1.807, 2.05) is 0 Å². The van der Waals surface area contributed by atoms with Gasteiger partial charge in [0.15, 0.2) is 0 Å². The van der Waals surface area contributed by atoms with Crippen LogP contribution in [-0.4, -0.2) is 33.2 Å². The van der Waals surface area contributed by atoms with Gasteiger partial charge < -0.3 is 10.4 Å². The Morgan fingerprint density at radius 1 is 1.67 bits per heavy atom. The van der Waals surface area contributed by atoms with Crippen LogP contribution in [-0.2, 0) is 4.79 Å². The number of amides is 1. The highest BCUT2D eigenvalue weighted by atomic mass is 16.4. The third-order valence-electron chi connectivity index (χ3n) is 1.95. The van der Waals surface area contributed by atoms with E-state index in [1.54, 1.807) is 19.9 Å². The molecule has 1 unspecified atom stereocenters. The fourth-order valence-corrected chi connectivity index (χ4v) is 1.10. The molecule has 1 amide bonds. The molecule has 0 bridgehead atoms. The van der Waals surface area contributed by atoms with Crippen molar-refractivity contribution in [2.45, 2.75) is 26.3 Å². The summed E-state index contributed by atoms with van der Waals surface area (Å²) in [7, 11) is 0. The van der Waals surface area contributed by atoms with Crippen LogP contribution in [0.2, 0.25) is 0 Å². The maximum absolute atomic E-state index is 11.5. The molecule has 1 aromatic rings. The van der Waals surface area contributed by atoms with E-state index in [1.165, 1.54) is 0 Å². The highest BCUT2D eigenvalue weighted by Gasteiger charge is 2.19. The molecule has 0 aliphatic heterocycles. The van der Waals surface area contributed by atoms with E-state index in [0.29, 0.717) is 6.42 Å². The number of nitrogens with one attached hydrogen (secondary N) is 2. The second-order valence-electron chi connectivity index (χ2n) is 3.21. The number of aliphatic carboxylic acids is 1. The molecule has 1 heterocycles. The Hall–Kier alpha value is -1.85. The highest BCUT2D eigenvalue weighted by molar-refractivity contribution is 5.94. The summed E-state index contributed by atoms with van der Waals surface area (Å²) < 4.78 is 0. The highest BCUT2D eigenvalue weighted by Crippen LogP contribution is 1.99. The number of rotatable bonds is 4. The lowest BCUT2D eigenvalue weighted by Gasteiger charge is -2.10. The Bertz CT molecular complexity index is 372. The lowest BCUT2D eigenvalue weighted by Crippen LogP contribution is -2.40. The fourth-order valence-electron chi connectivity index (χ4n) is 1.10. The Labute approximate surface area is 86.7 Å². The monoisotopic (exact) mass is 211 g/mol. The predicted octanol–water partition coefficient (Wildman–Crippen LogP) is 0.311. The third-order valence-corrected chi connectivity index (χ3v) is 1.95. The van der Waals surface area contributed by atoms with Crippen molar-refractivity contribution in [2.24, 2.45) is 0 Å². The fraction of sp³-hybridized carbons (Fsp3) is 0.444. The molecule has 3 N–H and O–H groups in total. The Balaban J connectivity index is 2.66. The zero-order chi connectivity index (χ0) is 11.4. The number of H-pyrrole nitrogens is 1. The summed E-state index contributed by atoms with van der Waals surface area (Å²) in [6.45, 7) is 3.45. The summed E-state index contributed by atoms with van der Waals surface area (Å²) in [5, 5.41) is 17.5. The standard InChI is InChI=1S/C9H13N3O3/c1-3-6(9(14)15)10-8(13)7-4-5(2)11-12-7/h4,6H,3H2,1-2H3,(H,10,13)(H,11,12)(H,14,15). The van der Waals surface area contributed by atoms with Gasteiger partial charge in [-0.1, -0.05) is 6.92 Å². The molecule has 1 aromatic heterocycles. The van der Waals surface area contributed by atoms with Gasteiger partial charge in [-0.15, -0.1) is 0 Å². The van der Waals surface area contributed by atoms with Gasteiger partial charge in [0, 0.05) is 5.69 Å². The number of nitrogens with zero attached hydrogens (tertiary/aromatic N) is 1. The van der Waals surface area contributed by atoms with Gasteiger partial charge in [0.25, 0.3) is 5.91 Å². The summed E-state index contributed by atoms with van der Waals surface area (Å²) in [5.74, 6) is -1.52. The molecule has 1 rings (SSSR count). The van der Waals surface area contributed by atoms with Crippen LogP contribution < -0.4 is 5.32 Å². The topological polar surface area (TPSA) is 95.1 Å². The second-order valence-corrected chi connectivity index (χ2v) is 3.21. The maximum Gasteiger partial charge on any atom is 0.326 e. The number of aromatic nitrogens is 2. The van der Waals surface area contributed by atoms with Crippen LogP contribution in [0.5, 0.6) is 0 Å². The number of aromatic amines is 1. The van der Waals surface area contributed by atoms with Crippen LogP contribution in [0.4, 0.5) is 0 Å². The van der Waals surface area contributed by atoms with Gasteiger partial charge in [0.05, 0.1) is 0 Å². The van der Waals surface area contributed by atoms with E-state index in [-0.39, 0.29) is 5.69 Å². The molecule has 0 aliphatic rings. The summed E-state index contributed by atoms with van der Waals surface area (Å²) in [5.41, 5.74) is 0.954. The lowest BCUT2D eigenvalue weighted by atomic mass is 10.2. The van der Waals surface area contributed by atoms with Gasteiger partial charge >= 0.3 is 5.97 Å². The van der Waals surface area contributed by atoms with Crippen LogP contribution >= 0.6 is 0 Å². The summed E-state index contributed by atoms with van der Waals surface area (Å²) in [6, 6.07) is 0.693. The molecule has 0 saturated heterocycles. The van der Waals surface area contributed by atoms with Gasteiger partial charge in [-0.3, -0.25) is 9.89 Å². The first kappa shape index (κ1) is 11.2. The van der Waals surface area contributed by atoms with Gasteiger partial charge in [0.1, 0.15) is 11.7 Å². The first-order valence-corrected chi connectivity index (χ1v) is 4.60. The van der Waals surface area contributed by atoms with Crippen molar-refractivity contribution in [1.82, 2.24) is 15.5 Å². The van der Waals surface area contributed by atoms with Crippen molar-refractivity contribution in [3.63, 3.8) is 0 Å². The number of carboxylic acid groups (broad SMARTS) is 1. The van der Waals surface area contributed by atoms with E-state index in [4.69, 9.17) is 5.11 Å². The number of carboxylic acids is 1. The molecule has 0 radical (unpaired) electrons. The van der Waals surface area contributed by atoms with Crippen LogP contribution in [0.1, 0.15) is 29.5 Å². The van der Waals surface area contributed by atoms with Gasteiger partial charge in [0.2, 0.25) is 0 Å². The molecule has 0 spiro atoms. The first-order valence-electron chi connectivity index (χ1n) is 4.60. The van der Waals surface area contributed by atoms with Crippen LogP contribution in [0.15, 0.2) is 6.07 Å². The van der Waals surface area contributed by atoms with Gasteiger partial charge in [-0.05, 0) is 19.4 Å². The Morgan fingerprint density at radius 2 is 2.33 bits per heavy atom. The average molecular weight is 211 g/mol. The number of hydrogen-bond acceptors (Lipinski definition) is 3. The van der Waals surface area contributed by atoms with E-state index in [2.05, 4.69) is 15.5 Å². The second kappa shape index (κ2) is 4.59. The Kier molecular flexibility index (Phi) is 3.43. The van der Waals surface area contributed by atoms with Crippen molar-refractivity contribution >= 4 is 11.9 Å². The van der Waals surface area contributed by atoms with Crippen LogP contribution in [0.25, 0.3) is 0 Å². The largest absolute Gasteiger partial charge is 0.480 e.